The fraction of sp³-hybridized carbons (Fsp3) is 0.226. The maximum absolute atomic E-state index is 14.5. The second kappa shape index (κ2) is 12.9. The summed E-state index contributed by atoms with van der Waals surface area (Å²) in [7, 11) is 1.57. The first-order valence-corrected chi connectivity index (χ1v) is 14.1. The van der Waals surface area contributed by atoms with E-state index in [1.165, 1.54) is 34.9 Å². The highest BCUT2D eigenvalue weighted by Crippen LogP contribution is 2.35. The molecule has 4 aromatic rings. The van der Waals surface area contributed by atoms with Crippen LogP contribution in [-0.2, 0) is 16.1 Å². The number of benzene rings is 3. The number of aromatic nitrogens is 2. The zero-order chi connectivity index (χ0) is 29.6. The summed E-state index contributed by atoms with van der Waals surface area (Å²) >= 11 is 1.18. The first-order valence-electron chi connectivity index (χ1n) is 13.1. The lowest BCUT2D eigenvalue weighted by atomic mass is 10.0. The minimum absolute atomic E-state index is 0.0395. The molecule has 1 atom stereocenters. The van der Waals surface area contributed by atoms with Crippen LogP contribution in [0.3, 0.4) is 0 Å². The lowest BCUT2D eigenvalue weighted by Crippen LogP contribution is -2.42. The van der Waals surface area contributed by atoms with E-state index in [0.717, 1.165) is 17.0 Å². The van der Waals surface area contributed by atoms with E-state index in [2.05, 4.69) is 15.3 Å². The number of thioether (sulfide) groups is 1. The number of ether oxygens (including phenoxy) is 3. The van der Waals surface area contributed by atoms with Gasteiger partial charge < -0.3 is 24.4 Å². The van der Waals surface area contributed by atoms with Crippen molar-refractivity contribution in [2.45, 2.75) is 31.6 Å². The van der Waals surface area contributed by atoms with Crippen molar-refractivity contribution in [2.75, 3.05) is 25.0 Å². The summed E-state index contributed by atoms with van der Waals surface area (Å²) in [5.74, 6) is 0.275. The van der Waals surface area contributed by atoms with Gasteiger partial charge in [0.05, 0.1) is 12.9 Å². The van der Waals surface area contributed by atoms with Crippen LogP contribution < -0.4 is 19.5 Å². The van der Waals surface area contributed by atoms with Gasteiger partial charge in [0.1, 0.15) is 17.6 Å². The summed E-state index contributed by atoms with van der Waals surface area (Å²) in [6.45, 7) is 3.88. The number of nitrogens with one attached hydrogen (secondary N) is 1. The average Bonchev–Trinajstić information content (AvgIpc) is 3.43. The van der Waals surface area contributed by atoms with Crippen LogP contribution in [-0.4, -0.2) is 46.3 Å². The van der Waals surface area contributed by atoms with Gasteiger partial charge in [0, 0.05) is 29.7 Å². The van der Waals surface area contributed by atoms with E-state index in [1.54, 1.807) is 43.5 Å². The van der Waals surface area contributed by atoms with Gasteiger partial charge in [-0.3, -0.25) is 9.59 Å². The van der Waals surface area contributed by atoms with Crippen LogP contribution in [0.15, 0.2) is 78.0 Å². The van der Waals surface area contributed by atoms with E-state index in [9.17, 15) is 14.0 Å². The third-order valence-electron chi connectivity index (χ3n) is 6.48. The zero-order valence-electron chi connectivity index (χ0n) is 23.3. The highest BCUT2D eigenvalue weighted by molar-refractivity contribution is 7.99. The molecule has 216 valence electrons. The molecule has 1 unspecified atom stereocenters. The van der Waals surface area contributed by atoms with E-state index >= 15 is 0 Å². The lowest BCUT2D eigenvalue weighted by molar-refractivity contribution is -0.137. The summed E-state index contributed by atoms with van der Waals surface area (Å²) in [4.78, 5) is 38.2. The normalized spacial score (nSPS) is 12.5. The third kappa shape index (κ3) is 6.98. The highest BCUT2D eigenvalue weighted by Gasteiger charge is 2.32. The zero-order valence-corrected chi connectivity index (χ0v) is 24.1. The quantitative estimate of drug-likeness (QED) is 0.192. The molecule has 1 N–H and O–H groups in total. The van der Waals surface area contributed by atoms with E-state index in [1.807, 2.05) is 32.0 Å². The predicted molar refractivity (Wildman–Crippen MR) is 156 cm³/mol. The van der Waals surface area contributed by atoms with Gasteiger partial charge in [-0.15, -0.1) is 0 Å². The first kappa shape index (κ1) is 28.9. The number of carbonyl (C=O) groups is 2. The van der Waals surface area contributed by atoms with Crippen molar-refractivity contribution in [3.63, 3.8) is 0 Å². The van der Waals surface area contributed by atoms with Gasteiger partial charge in [0.15, 0.2) is 16.7 Å². The lowest BCUT2D eigenvalue weighted by Gasteiger charge is -2.31. The molecule has 2 heterocycles. The smallest absolute Gasteiger partial charge is 0.251 e. The van der Waals surface area contributed by atoms with Crippen molar-refractivity contribution in [3.05, 3.63) is 101 Å². The number of fused-ring (bicyclic) bond motifs is 1. The Labute approximate surface area is 247 Å². The molecular formula is C31H29FN4O5S. The van der Waals surface area contributed by atoms with Crippen LogP contribution in [0.25, 0.3) is 0 Å². The average molecular weight is 589 g/mol. The van der Waals surface area contributed by atoms with Crippen molar-refractivity contribution in [1.82, 2.24) is 14.9 Å². The molecule has 1 aromatic heterocycles. The second-order valence-corrected chi connectivity index (χ2v) is 10.5. The Bertz CT molecular complexity index is 1580. The minimum Gasteiger partial charge on any atom is -0.497 e. The number of anilines is 1. The SMILES string of the molecule is COc1ccc(CN(C(=O)CSc2nc(C)cc(C)n2)C(C(=O)Nc2ccc3c(c2)OCO3)c2cccc(F)c2)cc1. The number of hydrogen-bond donors (Lipinski definition) is 1. The van der Waals surface area contributed by atoms with Crippen molar-refractivity contribution in [3.8, 4) is 17.2 Å². The third-order valence-corrected chi connectivity index (χ3v) is 7.32. The molecule has 0 aliphatic carbocycles. The van der Waals surface area contributed by atoms with Crippen molar-refractivity contribution < 1.29 is 28.2 Å². The summed E-state index contributed by atoms with van der Waals surface area (Å²) < 4.78 is 30.6. The Morgan fingerprint density at radius 3 is 2.45 bits per heavy atom. The van der Waals surface area contributed by atoms with Crippen LogP contribution in [0.4, 0.5) is 10.1 Å². The fourth-order valence-corrected chi connectivity index (χ4v) is 5.39. The van der Waals surface area contributed by atoms with Crippen molar-refractivity contribution >= 4 is 29.3 Å². The largest absolute Gasteiger partial charge is 0.497 e. The summed E-state index contributed by atoms with van der Waals surface area (Å²) in [5.41, 5.74) is 3.10. The maximum Gasteiger partial charge on any atom is 0.251 e. The number of halogens is 1. The Kier molecular flexibility index (Phi) is 8.87. The van der Waals surface area contributed by atoms with Gasteiger partial charge in [-0.1, -0.05) is 36.0 Å². The number of methoxy groups -OCH3 is 1. The molecule has 9 nitrogen and oxygen atoms in total. The van der Waals surface area contributed by atoms with Gasteiger partial charge >= 0.3 is 0 Å². The van der Waals surface area contributed by atoms with Crippen LogP contribution in [0.2, 0.25) is 0 Å². The summed E-state index contributed by atoms with van der Waals surface area (Å²) in [6, 6.07) is 18.6. The van der Waals surface area contributed by atoms with E-state index in [4.69, 9.17) is 14.2 Å². The monoisotopic (exact) mass is 588 g/mol. The topological polar surface area (TPSA) is 103 Å². The molecule has 0 saturated carbocycles. The molecule has 0 saturated heterocycles. The van der Waals surface area contributed by atoms with Crippen LogP contribution in [0, 0.1) is 19.7 Å². The van der Waals surface area contributed by atoms with Gasteiger partial charge in [0.25, 0.3) is 5.91 Å². The van der Waals surface area contributed by atoms with Crippen LogP contribution in [0.1, 0.15) is 28.6 Å². The molecule has 1 aliphatic rings. The fourth-order valence-electron chi connectivity index (χ4n) is 4.55. The predicted octanol–water partition coefficient (Wildman–Crippen LogP) is 5.47. The number of aryl methyl sites for hydroxylation is 2. The molecule has 5 rings (SSSR count). The van der Waals surface area contributed by atoms with Gasteiger partial charge in [-0.25, -0.2) is 14.4 Å². The van der Waals surface area contributed by atoms with Crippen molar-refractivity contribution in [2.24, 2.45) is 0 Å². The molecule has 2 amide bonds. The Balaban J connectivity index is 1.49. The Morgan fingerprint density at radius 2 is 1.74 bits per heavy atom. The molecule has 0 radical (unpaired) electrons. The summed E-state index contributed by atoms with van der Waals surface area (Å²) in [5, 5.41) is 3.33. The molecule has 1 aliphatic heterocycles. The molecular weight excluding hydrogens is 559 g/mol. The van der Waals surface area contributed by atoms with Gasteiger partial charge in [-0.2, -0.15) is 0 Å². The number of amides is 2. The number of nitrogens with zero attached hydrogens (tertiary/aromatic N) is 3. The molecule has 11 heteroatoms. The van der Waals surface area contributed by atoms with E-state index in [-0.39, 0.29) is 25.0 Å². The molecule has 0 bridgehead atoms. The maximum atomic E-state index is 14.5. The highest BCUT2D eigenvalue weighted by atomic mass is 32.2. The molecule has 0 fully saturated rings. The van der Waals surface area contributed by atoms with E-state index < -0.39 is 17.8 Å². The van der Waals surface area contributed by atoms with Crippen molar-refractivity contribution in [1.29, 1.82) is 0 Å². The Morgan fingerprint density at radius 1 is 1.00 bits per heavy atom. The second-order valence-electron chi connectivity index (χ2n) is 9.61. The first-order chi connectivity index (χ1) is 20.3. The van der Waals surface area contributed by atoms with Crippen LogP contribution >= 0.6 is 11.8 Å². The molecule has 0 spiro atoms. The number of rotatable bonds is 10. The molecule has 42 heavy (non-hydrogen) atoms. The standard InChI is InChI=1S/C31H29FN4O5S/c1-19-13-20(2)34-31(33-19)42-17-28(37)36(16-21-7-10-25(39-3)11-8-21)29(22-5-4-6-23(32)14-22)30(38)35-24-9-12-26-27(15-24)41-18-40-26/h4-15,29H,16-18H2,1-3H3,(H,35,38). The number of hydrogen-bond acceptors (Lipinski definition) is 8. The van der Waals surface area contributed by atoms with Gasteiger partial charge in [-0.05, 0) is 67.4 Å². The van der Waals surface area contributed by atoms with E-state index in [0.29, 0.717) is 33.7 Å². The summed E-state index contributed by atoms with van der Waals surface area (Å²) in [6.07, 6.45) is 0. The minimum atomic E-state index is -1.17. The Hall–Kier alpha value is -4.64. The number of carbonyl (C=O) groups excluding carboxylic acids is 2. The molecule has 3 aromatic carbocycles. The van der Waals surface area contributed by atoms with Gasteiger partial charge in [0.2, 0.25) is 12.7 Å². The van der Waals surface area contributed by atoms with Crippen LogP contribution in [0.5, 0.6) is 17.2 Å².